The SMILES string of the molecule is Cc1nocc1Nc1cncc(NC2CCCC2)n1. The first-order valence-corrected chi connectivity index (χ1v) is 6.58. The highest BCUT2D eigenvalue weighted by molar-refractivity contribution is 5.57. The van der Waals surface area contributed by atoms with Gasteiger partial charge in [0, 0.05) is 6.04 Å². The van der Waals surface area contributed by atoms with Gasteiger partial charge in [-0.05, 0) is 19.8 Å². The maximum Gasteiger partial charge on any atom is 0.151 e. The lowest BCUT2D eigenvalue weighted by Crippen LogP contribution is -2.15. The van der Waals surface area contributed by atoms with E-state index in [0.29, 0.717) is 11.9 Å². The van der Waals surface area contributed by atoms with Crippen LogP contribution in [0, 0.1) is 6.92 Å². The van der Waals surface area contributed by atoms with E-state index >= 15 is 0 Å². The first-order valence-electron chi connectivity index (χ1n) is 6.58. The Balaban J connectivity index is 1.70. The van der Waals surface area contributed by atoms with Gasteiger partial charge in [0.25, 0.3) is 0 Å². The van der Waals surface area contributed by atoms with E-state index in [9.17, 15) is 0 Å². The van der Waals surface area contributed by atoms with Crippen LogP contribution in [0.15, 0.2) is 23.2 Å². The molecule has 19 heavy (non-hydrogen) atoms. The summed E-state index contributed by atoms with van der Waals surface area (Å²) in [4.78, 5) is 8.70. The third-order valence-corrected chi connectivity index (χ3v) is 3.35. The van der Waals surface area contributed by atoms with Gasteiger partial charge in [-0.2, -0.15) is 0 Å². The second-order valence-corrected chi connectivity index (χ2v) is 4.85. The number of rotatable bonds is 4. The minimum Gasteiger partial charge on any atom is -0.366 e. The predicted octanol–water partition coefficient (Wildman–Crippen LogP) is 2.87. The summed E-state index contributed by atoms with van der Waals surface area (Å²) >= 11 is 0. The topological polar surface area (TPSA) is 75.9 Å². The van der Waals surface area contributed by atoms with Crippen molar-refractivity contribution >= 4 is 17.3 Å². The molecule has 1 saturated carbocycles. The summed E-state index contributed by atoms with van der Waals surface area (Å²) in [5.74, 6) is 1.50. The quantitative estimate of drug-likeness (QED) is 0.879. The van der Waals surface area contributed by atoms with Crippen molar-refractivity contribution in [2.45, 2.75) is 38.6 Å². The van der Waals surface area contributed by atoms with Gasteiger partial charge in [-0.1, -0.05) is 18.0 Å². The van der Waals surface area contributed by atoms with Crippen LogP contribution in [-0.4, -0.2) is 21.2 Å². The molecule has 0 unspecified atom stereocenters. The molecule has 0 bridgehead atoms. The molecule has 0 spiro atoms. The standard InChI is InChI=1S/C13H17N5O/c1-9-11(8-19-18-9)16-13-7-14-6-12(17-13)15-10-4-2-3-5-10/h6-8,10H,2-5H2,1H3,(H2,15,16,17). The van der Waals surface area contributed by atoms with Crippen LogP contribution in [0.2, 0.25) is 0 Å². The molecule has 2 aromatic heterocycles. The third-order valence-electron chi connectivity index (χ3n) is 3.35. The van der Waals surface area contributed by atoms with Crippen LogP contribution in [0.25, 0.3) is 0 Å². The molecule has 2 N–H and O–H groups in total. The van der Waals surface area contributed by atoms with E-state index < -0.39 is 0 Å². The lowest BCUT2D eigenvalue weighted by molar-refractivity contribution is 0.415. The summed E-state index contributed by atoms with van der Waals surface area (Å²) < 4.78 is 4.88. The molecule has 100 valence electrons. The Hall–Kier alpha value is -2.11. The summed E-state index contributed by atoms with van der Waals surface area (Å²) in [7, 11) is 0. The van der Waals surface area contributed by atoms with Crippen molar-refractivity contribution in [1.82, 2.24) is 15.1 Å². The van der Waals surface area contributed by atoms with Gasteiger partial charge in [0.2, 0.25) is 0 Å². The van der Waals surface area contributed by atoms with Crippen LogP contribution in [0.4, 0.5) is 17.3 Å². The van der Waals surface area contributed by atoms with Gasteiger partial charge in [-0.25, -0.2) is 4.98 Å². The minimum absolute atomic E-state index is 0.530. The first kappa shape index (κ1) is 12.0. The Bertz CT molecular complexity index is 547. The van der Waals surface area contributed by atoms with Crippen molar-refractivity contribution < 1.29 is 4.52 Å². The van der Waals surface area contributed by atoms with E-state index in [0.717, 1.165) is 17.2 Å². The van der Waals surface area contributed by atoms with Crippen LogP contribution >= 0.6 is 0 Å². The Morgan fingerprint density at radius 2 is 2.00 bits per heavy atom. The van der Waals surface area contributed by atoms with Crippen molar-refractivity contribution in [1.29, 1.82) is 0 Å². The Labute approximate surface area is 111 Å². The molecule has 1 aliphatic rings. The molecule has 6 heteroatoms. The fraction of sp³-hybridized carbons (Fsp3) is 0.462. The lowest BCUT2D eigenvalue weighted by Gasteiger charge is -2.13. The van der Waals surface area contributed by atoms with E-state index in [-0.39, 0.29) is 0 Å². The van der Waals surface area contributed by atoms with Crippen molar-refractivity contribution in [3.8, 4) is 0 Å². The maximum atomic E-state index is 4.88. The van der Waals surface area contributed by atoms with E-state index in [1.165, 1.54) is 25.7 Å². The summed E-state index contributed by atoms with van der Waals surface area (Å²) in [6, 6.07) is 0.530. The molecule has 0 atom stereocenters. The molecular formula is C13H17N5O. The molecule has 2 aromatic rings. The molecule has 0 aliphatic heterocycles. The number of hydrogen-bond donors (Lipinski definition) is 2. The summed E-state index contributed by atoms with van der Waals surface area (Å²) in [6.45, 7) is 1.87. The molecule has 0 radical (unpaired) electrons. The molecule has 0 saturated heterocycles. The molecule has 3 rings (SSSR count). The predicted molar refractivity (Wildman–Crippen MR) is 72.4 cm³/mol. The molecule has 1 fully saturated rings. The number of nitrogens with one attached hydrogen (secondary N) is 2. The highest BCUT2D eigenvalue weighted by atomic mass is 16.5. The van der Waals surface area contributed by atoms with Gasteiger partial charge < -0.3 is 15.2 Å². The van der Waals surface area contributed by atoms with E-state index in [1.807, 2.05) is 6.92 Å². The van der Waals surface area contributed by atoms with Gasteiger partial charge >= 0.3 is 0 Å². The second kappa shape index (κ2) is 5.26. The van der Waals surface area contributed by atoms with Crippen molar-refractivity contribution in [3.63, 3.8) is 0 Å². The fourth-order valence-electron chi connectivity index (χ4n) is 2.33. The zero-order valence-electron chi connectivity index (χ0n) is 10.9. The molecule has 6 nitrogen and oxygen atoms in total. The maximum absolute atomic E-state index is 4.88. The van der Waals surface area contributed by atoms with Gasteiger partial charge in [-0.15, -0.1) is 0 Å². The smallest absolute Gasteiger partial charge is 0.151 e. The summed E-state index contributed by atoms with van der Waals surface area (Å²) in [5.41, 5.74) is 1.61. The summed E-state index contributed by atoms with van der Waals surface area (Å²) in [5, 5.41) is 10.4. The highest BCUT2D eigenvalue weighted by Crippen LogP contribution is 2.22. The largest absolute Gasteiger partial charge is 0.366 e. The molecule has 1 aliphatic carbocycles. The average molecular weight is 259 g/mol. The second-order valence-electron chi connectivity index (χ2n) is 4.85. The van der Waals surface area contributed by atoms with Crippen LogP contribution < -0.4 is 10.6 Å². The number of aryl methyl sites for hydroxylation is 1. The van der Waals surface area contributed by atoms with Crippen molar-refractivity contribution in [3.05, 3.63) is 24.4 Å². The third kappa shape index (κ3) is 2.83. The Morgan fingerprint density at radius 3 is 2.74 bits per heavy atom. The zero-order valence-corrected chi connectivity index (χ0v) is 10.9. The number of nitrogens with zero attached hydrogens (tertiary/aromatic N) is 3. The zero-order chi connectivity index (χ0) is 13.1. The van der Waals surface area contributed by atoms with Gasteiger partial charge in [-0.3, -0.25) is 4.98 Å². The number of hydrogen-bond acceptors (Lipinski definition) is 6. The monoisotopic (exact) mass is 259 g/mol. The van der Waals surface area contributed by atoms with Gasteiger partial charge in [0.05, 0.1) is 12.4 Å². The summed E-state index contributed by atoms with van der Waals surface area (Å²) in [6.07, 6.45) is 10.0. The number of aromatic nitrogens is 3. The van der Waals surface area contributed by atoms with Crippen LogP contribution in [0.5, 0.6) is 0 Å². The number of anilines is 3. The lowest BCUT2D eigenvalue weighted by atomic mass is 10.2. The molecular weight excluding hydrogens is 242 g/mol. The first-order chi connectivity index (χ1) is 9.31. The normalized spacial score (nSPS) is 15.6. The van der Waals surface area contributed by atoms with Crippen LogP contribution in [0.1, 0.15) is 31.4 Å². The average Bonchev–Trinajstić information content (AvgIpc) is 3.03. The molecule has 0 amide bonds. The van der Waals surface area contributed by atoms with Gasteiger partial charge in [0.15, 0.2) is 5.82 Å². The van der Waals surface area contributed by atoms with Crippen LogP contribution in [-0.2, 0) is 0 Å². The van der Waals surface area contributed by atoms with E-state index in [4.69, 9.17) is 4.52 Å². The van der Waals surface area contributed by atoms with Crippen molar-refractivity contribution in [2.24, 2.45) is 0 Å². The molecule has 0 aromatic carbocycles. The fourth-order valence-corrected chi connectivity index (χ4v) is 2.33. The Kier molecular flexibility index (Phi) is 3.31. The van der Waals surface area contributed by atoms with Crippen LogP contribution in [0.3, 0.4) is 0 Å². The Morgan fingerprint density at radius 1 is 1.21 bits per heavy atom. The van der Waals surface area contributed by atoms with E-state index in [1.54, 1.807) is 18.7 Å². The van der Waals surface area contributed by atoms with Crippen molar-refractivity contribution in [2.75, 3.05) is 10.6 Å². The molecule has 2 heterocycles. The van der Waals surface area contributed by atoms with E-state index in [2.05, 4.69) is 25.8 Å². The minimum atomic E-state index is 0.530. The van der Waals surface area contributed by atoms with Gasteiger partial charge in [0.1, 0.15) is 23.5 Å². The highest BCUT2D eigenvalue weighted by Gasteiger charge is 2.15.